The molecule has 2 aromatic rings. The van der Waals surface area contributed by atoms with E-state index in [0.717, 1.165) is 6.42 Å². The van der Waals surface area contributed by atoms with E-state index in [0.29, 0.717) is 0 Å². The highest BCUT2D eigenvalue weighted by Crippen LogP contribution is 2.35. The Morgan fingerprint density at radius 3 is 2.17 bits per heavy atom. The summed E-state index contributed by atoms with van der Waals surface area (Å²) in [5, 5.41) is -0.00157. The topological polar surface area (TPSA) is 12.9 Å². The molecule has 0 aliphatic heterocycles. The number of alkyl halides is 1. The van der Waals surface area contributed by atoms with Gasteiger partial charge in [-0.2, -0.15) is 0 Å². The molecule has 2 heteroatoms. The number of pyridine rings is 1. The van der Waals surface area contributed by atoms with Crippen LogP contribution in [0.3, 0.4) is 0 Å². The number of hydrogen-bond acceptors (Lipinski definition) is 1. The molecule has 2 atom stereocenters. The van der Waals surface area contributed by atoms with Crippen LogP contribution in [-0.4, -0.2) is 4.98 Å². The van der Waals surface area contributed by atoms with Crippen LogP contribution in [0.4, 0.5) is 0 Å². The first kappa shape index (κ1) is 13.1. The fourth-order valence-corrected chi connectivity index (χ4v) is 2.35. The van der Waals surface area contributed by atoms with Crippen LogP contribution in [0.15, 0.2) is 48.8 Å². The molecule has 1 aromatic heterocycles. The first-order valence-electron chi connectivity index (χ1n) is 6.35. The van der Waals surface area contributed by atoms with E-state index in [2.05, 4.69) is 43.1 Å². The van der Waals surface area contributed by atoms with E-state index in [1.54, 1.807) is 0 Å². The van der Waals surface area contributed by atoms with E-state index in [-0.39, 0.29) is 11.3 Å². The number of halogens is 1. The summed E-state index contributed by atoms with van der Waals surface area (Å²) in [6, 6.07) is 12.6. The van der Waals surface area contributed by atoms with E-state index < -0.39 is 0 Å². The summed E-state index contributed by atoms with van der Waals surface area (Å²) in [5.41, 5.74) is 3.75. The van der Waals surface area contributed by atoms with Crippen LogP contribution in [0.25, 0.3) is 0 Å². The first-order chi connectivity index (χ1) is 8.72. The van der Waals surface area contributed by atoms with Gasteiger partial charge in [0, 0.05) is 18.3 Å². The van der Waals surface area contributed by atoms with E-state index in [1.807, 2.05) is 24.5 Å². The molecule has 0 N–H and O–H groups in total. The van der Waals surface area contributed by atoms with Crippen molar-refractivity contribution >= 4 is 11.6 Å². The Hall–Kier alpha value is -1.34. The molecule has 1 aromatic carbocycles. The quantitative estimate of drug-likeness (QED) is 0.724. The zero-order chi connectivity index (χ0) is 13.0. The third kappa shape index (κ3) is 2.91. The highest BCUT2D eigenvalue weighted by Gasteiger charge is 2.18. The van der Waals surface area contributed by atoms with Gasteiger partial charge in [0.1, 0.15) is 0 Å². The number of nitrogens with zero attached hydrogens (tertiary/aromatic N) is 1. The number of hydrogen-bond donors (Lipinski definition) is 0. The maximum Gasteiger partial charge on any atom is 0.0651 e. The standard InChI is InChI=1S/C16H18ClN/c1-3-13-4-6-15(7-5-13)16(17)12(2)14-8-10-18-11-9-14/h4-12,16H,3H2,1-2H3. The van der Waals surface area contributed by atoms with Gasteiger partial charge in [0.05, 0.1) is 5.38 Å². The van der Waals surface area contributed by atoms with Crippen molar-refractivity contribution in [3.8, 4) is 0 Å². The largest absolute Gasteiger partial charge is 0.265 e. The fourth-order valence-electron chi connectivity index (χ4n) is 2.06. The summed E-state index contributed by atoms with van der Waals surface area (Å²) in [7, 11) is 0. The Kier molecular flexibility index (Phi) is 4.38. The van der Waals surface area contributed by atoms with Crippen LogP contribution in [0, 0.1) is 0 Å². The average molecular weight is 260 g/mol. The van der Waals surface area contributed by atoms with Crippen molar-refractivity contribution < 1.29 is 0 Å². The molecule has 0 saturated carbocycles. The van der Waals surface area contributed by atoms with Crippen LogP contribution < -0.4 is 0 Å². The van der Waals surface area contributed by atoms with Gasteiger partial charge in [-0.3, -0.25) is 4.98 Å². The molecule has 0 amide bonds. The molecule has 0 bridgehead atoms. The molecule has 0 aliphatic rings. The lowest BCUT2D eigenvalue weighted by molar-refractivity contribution is 0.730. The van der Waals surface area contributed by atoms with Gasteiger partial charge in [-0.15, -0.1) is 11.6 Å². The minimum Gasteiger partial charge on any atom is -0.265 e. The maximum atomic E-state index is 6.57. The van der Waals surface area contributed by atoms with E-state index in [9.17, 15) is 0 Å². The molecule has 0 fully saturated rings. The van der Waals surface area contributed by atoms with Crippen molar-refractivity contribution in [1.29, 1.82) is 0 Å². The van der Waals surface area contributed by atoms with Gasteiger partial charge in [-0.05, 0) is 35.2 Å². The van der Waals surface area contributed by atoms with Gasteiger partial charge in [0.15, 0.2) is 0 Å². The van der Waals surface area contributed by atoms with Gasteiger partial charge in [0.25, 0.3) is 0 Å². The minimum atomic E-state index is -0.00157. The van der Waals surface area contributed by atoms with Gasteiger partial charge < -0.3 is 0 Å². The molecular formula is C16H18ClN. The number of aromatic nitrogens is 1. The molecule has 18 heavy (non-hydrogen) atoms. The molecule has 2 unspecified atom stereocenters. The molecule has 94 valence electrons. The van der Waals surface area contributed by atoms with Crippen molar-refractivity contribution in [3.63, 3.8) is 0 Å². The van der Waals surface area contributed by atoms with Crippen molar-refractivity contribution in [2.24, 2.45) is 0 Å². The number of benzene rings is 1. The van der Waals surface area contributed by atoms with Crippen molar-refractivity contribution in [2.75, 3.05) is 0 Å². The van der Waals surface area contributed by atoms with Crippen molar-refractivity contribution in [3.05, 3.63) is 65.5 Å². The highest BCUT2D eigenvalue weighted by atomic mass is 35.5. The van der Waals surface area contributed by atoms with Crippen molar-refractivity contribution in [2.45, 2.75) is 31.6 Å². The Morgan fingerprint density at radius 2 is 1.61 bits per heavy atom. The lowest BCUT2D eigenvalue weighted by Gasteiger charge is -2.19. The van der Waals surface area contributed by atoms with Gasteiger partial charge in [-0.1, -0.05) is 38.1 Å². The van der Waals surface area contributed by atoms with E-state index in [1.165, 1.54) is 16.7 Å². The summed E-state index contributed by atoms with van der Waals surface area (Å²) in [6.45, 7) is 4.31. The molecule has 0 saturated heterocycles. The molecule has 0 aliphatic carbocycles. The Labute approximate surface area is 114 Å². The molecule has 2 rings (SSSR count). The first-order valence-corrected chi connectivity index (χ1v) is 6.79. The summed E-state index contributed by atoms with van der Waals surface area (Å²) in [6.07, 6.45) is 4.69. The summed E-state index contributed by atoms with van der Waals surface area (Å²) in [5.74, 6) is 0.280. The zero-order valence-corrected chi connectivity index (χ0v) is 11.6. The van der Waals surface area contributed by atoms with E-state index in [4.69, 9.17) is 11.6 Å². The number of aryl methyl sites for hydroxylation is 1. The molecule has 1 heterocycles. The fraction of sp³-hybridized carbons (Fsp3) is 0.312. The lowest BCUT2D eigenvalue weighted by atomic mass is 9.93. The third-order valence-electron chi connectivity index (χ3n) is 3.38. The summed E-state index contributed by atoms with van der Waals surface area (Å²) in [4.78, 5) is 4.04. The smallest absolute Gasteiger partial charge is 0.0651 e. The second-order valence-corrected chi connectivity index (χ2v) is 5.04. The van der Waals surface area contributed by atoms with Crippen LogP contribution in [-0.2, 0) is 6.42 Å². The van der Waals surface area contributed by atoms with Crippen molar-refractivity contribution in [1.82, 2.24) is 4.98 Å². The maximum absolute atomic E-state index is 6.57. The Morgan fingerprint density at radius 1 is 1.00 bits per heavy atom. The molecule has 1 nitrogen and oxygen atoms in total. The van der Waals surface area contributed by atoms with Crippen LogP contribution >= 0.6 is 11.6 Å². The Balaban J connectivity index is 2.17. The molecular weight excluding hydrogens is 242 g/mol. The van der Waals surface area contributed by atoms with Gasteiger partial charge >= 0.3 is 0 Å². The average Bonchev–Trinajstić information content (AvgIpc) is 2.47. The third-order valence-corrected chi connectivity index (χ3v) is 4.01. The SMILES string of the molecule is CCc1ccc(C(Cl)C(C)c2ccncc2)cc1. The molecule has 0 spiro atoms. The molecule has 0 radical (unpaired) electrons. The van der Waals surface area contributed by atoms with Crippen LogP contribution in [0.1, 0.15) is 41.8 Å². The minimum absolute atomic E-state index is 0.00157. The van der Waals surface area contributed by atoms with Gasteiger partial charge in [-0.25, -0.2) is 0 Å². The predicted molar refractivity (Wildman–Crippen MR) is 77.1 cm³/mol. The highest BCUT2D eigenvalue weighted by molar-refractivity contribution is 6.21. The van der Waals surface area contributed by atoms with Gasteiger partial charge in [0.2, 0.25) is 0 Å². The monoisotopic (exact) mass is 259 g/mol. The number of rotatable bonds is 4. The normalized spacial score (nSPS) is 14.2. The van der Waals surface area contributed by atoms with Crippen LogP contribution in [0.2, 0.25) is 0 Å². The Bertz CT molecular complexity index is 478. The van der Waals surface area contributed by atoms with Crippen LogP contribution in [0.5, 0.6) is 0 Å². The zero-order valence-electron chi connectivity index (χ0n) is 10.8. The predicted octanol–water partition coefficient (Wildman–Crippen LogP) is 4.73. The second-order valence-electron chi connectivity index (χ2n) is 4.57. The van der Waals surface area contributed by atoms with E-state index >= 15 is 0 Å². The summed E-state index contributed by atoms with van der Waals surface area (Å²) < 4.78 is 0. The summed E-state index contributed by atoms with van der Waals surface area (Å²) >= 11 is 6.57. The second kappa shape index (κ2) is 6.01. The lowest BCUT2D eigenvalue weighted by Crippen LogP contribution is -2.02.